The number of carboxylic acids is 1. The number of carboxylic acid groups (broad SMARTS) is 1. The predicted octanol–water partition coefficient (Wildman–Crippen LogP) is 2.80. The van der Waals surface area contributed by atoms with E-state index in [1.807, 2.05) is 24.3 Å². The fourth-order valence-corrected chi connectivity index (χ4v) is 2.31. The fraction of sp³-hybridized carbons (Fsp3) is 0.385. The van der Waals surface area contributed by atoms with Crippen LogP contribution in [0, 0.1) is 0 Å². The van der Waals surface area contributed by atoms with Gasteiger partial charge in [-0.1, -0.05) is 11.6 Å². The maximum absolute atomic E-state index is 11.4. The van der Waals surface area contributed by atoms with Gasteiger partial charge in [0, 0.05) is 16.3 Å². The highest BCUT2D eigenvalue weighted by Crippen LogP contribution is 2.21. The first-order valence-electron chi connectivity index (χ1n) is 5.89. The van der Waals surface area contributed by atoms with Gasteiger partial charge < -0.3 is 10.4 Å². The lowest BCUT2D eigenvalue weighted by Crippen LogP contribution is -2.38. The lowest BCUT2D eigenvalue weighted by molar-refractivity contribution is -0.141. The van der Waals surface area contributed by atoms with Gasteiger partial charge in [-0.05, 0) is 43.4 Å². The van der Waals surface area contributed by atoms with Crippen LogP contribution in [0.2, 0.25) is 5.02 Å². The molecule has 1 rings (SSSR count). The number of thioether (sulfide) groups is 1. The van der Waals surface area contributed by atoms with Crippen LogP contribution in [0.3, 0.4) is 0 Å². The monoisotopic (exact) mass is 301 g/mol. The zero-order chi connectivity index (χ0) is 14.3. The molecule has 1 amide bonds. The summed E-state index contributed by atoms with van der Waals surface area (Å²) in [5, 5.41) is 11.8. The van der Waals surface area contributed by atoms with Crippen molar-refractivity contribution in [1.82, 2.24) is 5.32 Å². The number of rotatable bonds is 7. The van der Waals surface area contributed by atoms with Crippen LogP contribution in [-0.4, -0.2) is 28.8 Å². The van der Waals surface area contributed by atoms with Gasteiger partial charge in [0.25, 0.3) is 0 Å². The van der Waals surface area contributed by atoms with Crippen molar-refractivity contribution in [2.75, 3.05) is 5.75 Å². The maximum Gasteiger partial charge on any atom is 0.325 e. The van der Waals surface area contributed by atoms with E-state index in [1.165, 1.54) is 6.92 Å². The van der Waals surface area contributed by atoms with E-state index in [1.54, 1.807) is 11.8 Å². The molecule has 1 atom stereocenters. The molecule has 0 spiro atoms. The second-order valence-corrected chi connectivity index (χ2v) is 5.64. The van der Waals surface area contributed by atoms with Crippen LogP contribution in [0.5, 0.6) is 0 Å². The Kier molecular flexibility index (Phi) is 6.73. The molecular formula is C13H16ClNO3S. The predicted molar refractivity (Wildman–Crippen MR) is 76.7 cm³/mol. The van der Waals surface area contributed by atoms with Crippen molar-refractivity contribution < 1.29 is 14.7 Å². The van der Waals surface area contributed by atoms with Gasteiger partial charge in [-0.15, -0.1) is 11.8 Å². The smallest absolute Gasteiger partial charge is 0.325 e. The molecule has 0 radical (unpaired) electrons. The Balaban J connectivity index is 2.18. The number of amides is 1. The zero-order valence-electron chi connectivity index (χ0n) is 10.6. The minimum atomic E-state index is -1.02. The number of nitrogens with one attached hydrogen (secondary N) is 1. The van der Waals surface area contributed by atoms with Crippen molar-refractivity contribution in [3.63, 3.8) is 0 Å². The van der Waals surface area contributed by atoms with E-state index >= 15 is 0 Å². The Hall–Kier alpha value is -1.20. The van der Waals surface area contributed by atoms with Crippen molar-refractivity contribution in [3.05, 3.63) is 29.3 Å². The van der Waals surface area contributed by atoms with Crippen molar-refractivity contribution in [2.45, 2.75) is 30.7 Å². The summed E-state index contributed by atoms with van der Waals surface area (Å²) in [4.78, 5) is 23.1. The van der Waals surface area contributed by atoms with Crippen molar-refractivity contribution in [1.29, 1.82) is 0 Å². The van der Waals surface area contributed by atoms with Crippen LogP contribution in [-0.2, 0) is 9.59 Å². The molecule has 6 heteroatoms. The summed E-state index contributed by atoms with van der Waals surface area (Å²) in [6.07, 6.45) is 1.03. The minimum absolute atomic E-state index is 0.230. The van der Waals surface area contributed by atoms with Gasteiger partial charge in [-0.3, -0.25) is 9.59 Å². The molecule has 2 N–H and O–H groups in total. The van der Waals surface area contributed by atoms with Gasteiger partial charge >= 0.3 is 5.97 Å². The third-order valence-electron chi connectivity index (χ3n) is 2.38. The van der Waals surface area contributed by atoms with E-state index in [0.717, 1.165) is 10.6 Å². The van der Waals surface area contributed by atoms with E-state index in [4.69, 9.17) is 16.7 Å². The van der Waals surface area contributed by atoms with Crippen LogP contribution in [0.1, 0.15) is 19.8 Å². The number of hydrogen-bond donors (Lipinski definition) is 2. The molecule has 1 unspecified atom stereocenters. The number of hydrogen-bond acceptors (Lipinski definition) is 3. The van der Waals surface area contributed by atoms with E-state index in [9.17, 15) is 9.59 Å². The number of carbonyl (C=O) groups excluding carboxylic acids is 1. The van der Waals surface area contributed by atoms with Gasteiger partial charge in [-0.2, -0.15) is 0 Å². The highest BCUT2D eigenvalue weighted by atomic mass is 35.5. The molecule has 0 saturated heterocycles. The van der Waals surface area contributed by atoms with Crippen molar-refractivity contribution >= 4 is 35.2 Å². The van der Waals surface area contributed by atoms with Crippen LogP contribution < -0.4 is 5.32 Å². The first-order chi connectivity index (χ1) is 8.99. The molecular weight excluding hydrogens is 286 g/mol. The average molecular weight is 302 g/mol. The highest BCUT2D eigenvalue weighted by Gasteiger charge is 2.13. The van der Waals surface area contributed by atoms with Crippen LogP contribution >= 0.6 is 23.4 Å². The van der Waals surface area contributed by atoms with Gasteiger partial charge in [0.1, 0.15) is 6.04 Å². The van der Waals surface area contributed by atoms with Gasteiger partial charge in [0.05, 0.1) is 0 Å². The maximum atomic E-state index is 11.4. The normalized spacial score (nSPS) is 11.9. The first kappa shape index (κ1) is 15.9. The largest absolute Gasteiger partial charge is 0.480 e. The third kappa shape index (κ3) is 6.50. The lowest BCUT2D eigenvalue weighted by atomic mass is 10.3. The number of benzene rings is 1. The zero-order valence-corrected chi connectivity index (χ0v) is 12.1. The number of halogens is 1. The summed E-state index contributed by atoms with van der Waals surface area (Å²) in [6.45, 7) is 1.45. The molecule has 0 saturated carbocycles. The standard InChI is InChI=1S/C13H16ClNO3S/c1-9(13(17)18)15-12(16)3-2-8-19-11-6-4-10(14)5-7-11/h4-7,9H,2-3,8H2,1H3,(H,15,16)(H,17,18). The van der Waals surface area contributed by atoms with E-state index in [-0.39, 0.29) is 5.91 Å². The topological polar surface area (TPSA) is 66.4 Å². The van der Waals surface area contributed by atoms with Crippen molar-refractivity contribution in [3.8, 4) is 0 Å². The molecule has 0 fully saturated rings. The molecule has 104 valence electrons. The molecule has 0 aliphatic carbocycles. The average Bonchev–Trinajstić information content (AvgIpc) is 2.36. The quantitative estimate of drug-likeness (QED) is 0.600. The van der Waals surface area contributed by atoms with E-state index in [2.05, 4.69) is 5.32 Å². The second kappa shape index (κ2) is 8.07. The molecule has 19 heavy (non-hydrogen) atoms. The number of aliphatic carboxylic acids is 1. The summed E-state index contributed by atoms with van der Waals surface area (Å²) in [6, 6.07) is 6.67. The molecule has 1 aromatic rings. The fourth-order valence-electron chi connectivity index (χ4n) is 1.33. The van der Waals surface area contributed by atoms with Crippen LogP contribution in [0.4, 0.5) is 0 Å². The Morgan fingerprint density at radius 3 is 2.58 bits per heavy atom. The Bertz CT molecular complexity index is 436. The summed E-state index contributed by atoms with van der Waals surface area (Å²) < 4.78 is 0. The molecule has 0 bridgehead atoms. The SMILES string of the molecule is CC(NC(=O)CCCSc1ccc(Cl)cc1)C(=O)O. The Morgan fingerprint density at radius 1 is 1.37 bits per heavy atom. The summed E-state index contributed by atoms with van der Waals surface area (Å²) in [7, 11) is 0. The lowest BCUT2D eigenvalue weighted by Gasteiger charge is -2.08. The summed E-state index contributed by atoms with van der Waals surface area (Å²) >= 11 is 7.42. The summed E-state index contributed by atoms with van der Waals surface area (Å²) in [5.41, 5.74) is 0. The van der Waals surface area contributed by atoms with Crippen LogP contribution in [0.25, 0.3) is 0 Å². The second-order valence-electron chi connectivity index (χ2n) is 4.03. The Labute approximate surface area is 121 Å². The van der Waals surface area contributed by atoms with E-state index in [0.29, 0.717) is 17.9 Å². The molecule has 0 aliphatic heterocycles. The van der Waals surface area contributed by atoms with Crippen LogP contribution in [0.15, 0.2) is 29.2 Å². The summed E-state index contributed by atoms with van der Waals surface area (Å²) in [5.74, 6) is -0.452. The van der Waals surface area contributed by atoms with E-state index < -0.39 is 12.0 Å². The minimum Gasteiger partial charge on any atom is -0.480 e. The third-order valence-corrected chi connectivity index (χ3v) is 3.73. The molecule has 0 heterocycles. The molecule has 0 aliphatic rings. The Morgan fingerprint density at radius 2 is 2.00 bits per heavy atom. The van der Waals surface area contributed by atoms with Gasteiger partial charge in [-0.25, -0.2) is 0 Å². The number of carbonyl (C=O) groups is 2. The molecule has 0 aromatic heterocycles. The van der Waals surface area contributed by atoms with Crippen molar-refractivity contribution in [2.24, 2.45) is 0 Å². The van der Waals surface area contributed by atoms with Gasteiger partial charge in [0.15, 0.2) is 0 Å². The first-order valence-corrected chi connectivity index (χ1v) is 7.26. The molecule has 4 nitrogen and oxygen atoms in total. The highest BCUT2D eigenvalue weighted by molar-refractivity contribution is 7.99. The van der Waals surface area contributed by atoms with Gasteiger partial charge in [0.2, 0.25) is 5.91 Å². The molecule has 1 aromatic carbocycles.